The van der Waals surface area contributed by atoms with E-state index in [1.165, 1.54) is 0 Å². The van der Waals surface area contributed by atoms with Crippen LogP contribution in [0.15, 0.2) is 41.0 Å². The zero-order valence-electron chi connectivity index (χ0n) is 9.78. The highest BCUT2D eigenvalue weighted by Crippen LogP contribution is 2.31. The first-order valence-corrected chi connectivity index (χ1v) is 6.58. The predicted molar refractivity (Wildman–Crippen MR) is 76.2 cm³/mol. The molecule has 1 heterocycles. The molecular weight excluding hydrogens is 316 g/mol. The van der Waals surface area contributed by atoms with Gasteiger partial charge >= 0.3 is 0 Å². The molecule has 0 bridgehead atoms. The Balaban J connectivity index is 2.20. The molecule has 18 heavy (non-hydrogen) atoms. The number of hydrogen-bond acceptors (Lipinski definition) is 3. The van der Waals surface area contributed by atoms with Crippen LogP contribution in [0.4, 0.5) is 0 Å². The van der Waals surface area contributed by atoms with Gasteiger partial charge in [0.05, 0.1) is 10.2 Å². The van der Waals surface area contributed by atoms with Gasteiger partial charge in [-0.1, -0.05) is 11.6 Å². The van der Waals surface area contributed by atoms with Crippen molar-refractivity contribution in [1.29, 1.82) is 0 Å². The average molecular weight is 328 g/mol. The van der Waals surface area contributed by atoms with Crippen LogP contribution in [0.5, 0.6) is 11.5 Å². The van der Waals surface area contributed by atoms with Gasteiger partial charge in [-0.15, -0.1) is 0 Å². The van der Waals surface area contributed by atoms with Crippen LogP contribution in [0.25, 0.3) is 0 Å². The van der Waals surface area contributed by atoms with Gasteiger partial charge in [-0.25, -0.2) is 0 Å². The van der Waals surface area contributed by atoms with Crippen LogP contribution in [-0.2, 0) is 6.54 Å². The Kier molecular flexibility index (Phi) is 4.58. The van der Waals surface area contributed by atoms with Crippen molar-refractivity contribution in [1.82, 2.24) is 10.3 Å². The molecule has 3 nitrogen and oxygen atoms in total. The minimum absolute atomic E-state index is 0.667. The van der Waals surface area contributed by atoms with Crippen molar-refractivity contribution >= 4 is 27.5 Å². The third kappa shape index (κ3) is 3.45. The fourth-order valence-corrected chi connectivity index (χ4v) is 2.25. The summed E-state index contributed by atoms with van der Waals surface area (Å²) >= 11 is 9.30. The topological polar surface area (TPSA) is 34.1 Å². The Bertz CT molecular complexity index is 548. The highest BCUT2D eigenvalue weighted by atomic mass is 79.9. The Labute approximate surface area is 119 Å². The maximum Gasteiger partial charge on any atom is 0.141 e. The molecule has 0 aliphatic carbocycles. The fraction of sp³-hybridized carbons (Fsp3) is 0.154. The SMILES string of the molecule is CNCc1cc(Oc2ccc(Cl)cc2Br)ccn1. The largest absolute Gasteiger partial charge is 0.456 e. The Morgan fingerprint density at radius 1 is 1.33 bits per heavy atom. The van der Waals surface area contributed by atoms with E-state index in [0.717, 1.165) is 21.7 Å². The third-order valence-corrected chi connectivity index (χ3v) is 3.12. The molecular formula is C13H12BrClN2O. The average Bonchev–Trinajstić information content (AvgIpc) is 2.34. The summed E-state index contributed by atoms with van der Waals surface area (Å²) in [6.45, 7) is 0.707. The van der Waals surface area contributed by atoms with E-state index in [4.69, 9.17) is 16.3 Å². The number of benzene rings is 1. The molecule has 2 rings (SSSR count). The first kappa shape index (κ1) is 13.3. The molecule has 1 N–H and O–H groups in total. The van der Waals surface area contributed by atoms with Gasteiger partial charge in [0.25, 0.3) is 0 Å². The van der Waals surface area contributed by atoms with Gasteiger partial charge in [-0.3, -0.25) is 4.98 Å². The molecule has 0 amide bonds. The van der Waals surface area contributed by atoms with E-state index >= 15 is 0 Å². The van der Waals surface area contributed by atoms with Crippen molar-refractivity contribution in [2.45, 2.75) is 6.54 Å². The molecule has 5 heteroatoms. The predicted octanol–water partition coefficient (Wildman–Crippen LogP) is 4.01. The number of rotatable bonds is 4. The van der Waals surface area contributed by atoms with Crippen LogP contribution in [-0.4, -0.2) is 12.0 Å². The molecule has 0 unspecified atom stereocenters. The molecule has 0 radical (unpaired) electrons. The standard InChI is InChI=1S/C13H12BrClN2O/c1-16-8-10-7-11(4-5-17-10)18-13-3-2-9(15)6-12(13)14/h2-7,16H,8H2,1H3. The van der Waals surface area contributed by atoms with Gasteiger partial charge in [-0.05, 0) is 47.2 Å². The molecule has 0 spiro atoms. The number of nitrogens with zero attached hydrogens (tertiary/aromatic N) is 1. The van der Waals surface area contributed by atoms with Gasteiger partial charge in [0.15, 0.2) is 0 Å². The molecule has 94 valence electrons. The van der Waals surface area contributed by atoms with Crippen molar-refractivity contribution < 1.29 is 4.74 Å². The second-order valence-corrected chi connectivity index (χ2v) is 4.98. The zero-order chi connectivity index (χ0) is 13.0. The van der Waals surface area contributed by atoms with Crippen molar-refractivity contribution in [2.75, 3.05) is 7.05 Å². The first-order valence-electron chi connectivity index (χ1n) is 5.41. The molecule has 0 aliphatic rings. The summed E-state index contributed by atoms with van der Waals surface area (Å²) in [6.07, 6.45) is 1.73. The highest BCUT2D eigenvalue weighted by molar-refractivity contribution is 9.10. The van der Waals surface area contributed by atoms with E-state index in [0.29, 0.717) is 11.6 Å². The summed E-state index contributed by atoms with van der Waals surface area (Å²) in [5, 5.41) is 3.72. The lowest BCUT2D eigenvalue weighted by atomic mass is 10.3. The van der Waals surface area contributed by atoms with E-state index in [-0.39, 0.29) is 0 Å². The maximum absolute atomic E-state index is 5.88. The summed E-state index contributed by atoms with van der Waals surface area (Å²) in [4.78, 5) is 4.23. The number of pyridine rings is 1. The van der Waals surface area contributed by atoms with E-state index in [1.54, 1.807) is 18.3 Å². The van der Waals surface area contributed by atoms with Crippen molar-refractivity contribution in [3.63, 3.8) is 0 Å². The van der Waals surface area contributed by atoms with E-state index in [9.17, 15) is 0 Å². The smallest absolute Gasteiger partial charge is 0.141 e. The lowest BCUT2D eigenvalue weighted by molar-refractivity contribution is 0.477. The second kappa shape index (κ2) is 6.18. The minimum atomic E-state index is 0.667. The summed E-state index contributed by atoms with van der Waals surface area (Å²) in [5.41, 5.74) is 0.931. The maximum atomic E-state index is 5.88. The molecule has 1 aromatic carbocycles. The normalized spacial score (nSPS) is 10.4. The number of aromatic nitrogens is 1. The van der Waals surface area contributed by atoms with Crippen LogP contribution in [0.2, 0.25) is 5.02 Å². The quantitative estimate of drug-likeness (QED) is 0.921. The van der Waals surface area contributed by atoms with Crippen molar-refractivity contribution in [2.24, 2.45) is 0 Å². The van der Waals surface area contributed by atoms with E-state index in [1.807, 2.05) is 25.2 Å². The molecule has 0 aliphatic heterocycles. The van der Waals surface area contributed by atoms with Crippen LogP contribution in [0, 0.1) is 0 Å². The molecule has 0 saturated carbocycles. The van der Waals surface area contributed by atoms with Crippen LogP contribution >= 0.6 is 27.5 Å². The van der Waals surface area contributed by atoms with Gasteiger partial charge in [0, 0.05) is 23.8 Å². The fourth-order valence-electron chi connectivity index (χ4n) is 1.48. The highest BCUT2D eigenvalue weighted by Gasteiger charge is 2.04. The van der Waals surface area contributed by atoms with Gasteiger partial charge in [0.2, 0.25) is 0 Å². The number of hydrogen-bond donors (Lipinski definition) is 1. The summed E-state index contributed by atoms with van der Waals surface area (Å²) in [5.74, 6) is 1.47. The summed E-state index contributed by atoms with van der Waals surface area (Å²) in [6, 6.07) is 9.13. The van der Waals surface area contributed by atoms with Crippen LogP contribution < -0.4 is 10.1 Å². The molecule has 0 atom stereocenters. The van der Waals surface area contributed by atoms with Crippen molar-refractivity contribution in [3.05, 3.63) is 51.7 Å². The molecule has 1 aromatic heterocycles. The zero-order valence-corrected chi connectivity index (χ0v) is 12.1. The monoisotopic (exact) mass is 326 g/mol. The van der Waals surface area contributed by atoms with Crippen molar-refractivity contribution in [3.8, 4) is 11.5 Å². The lowest BCUT2D eigenvalue weighted by Gasteiger charge is -2.09. The van der Waals surface area contributed by atoms with Gasteiger partial charge in [0.1, 0.15) is 11.5 Å². The Morgan fingerprint density at radius 3 is 2.89 bits per heavy atom. The van der Waals surface area contributed by atoms with Gasteiger partial charge in [-0.2, -0.15) is 0 Å². The van der Waals surface area contributed by atoms with Crippen LogP contribution in [0.1, 0.15) is 5.69 Å². The summed E-state index contributed by atoms with van der Waals surface area (Å²) in [7, 11) is 1.88. The number of halogens is 2. The van der Waals surface area contributed by atoms with E-state index in [2.05, 4.69) is 26.2 Å². The second-order valence-electron chi connectivity index (χ2n) is 3.69. The molecule has 2 aromatic rings. The molecule has 0 saturated heterocycles. The number of nitrogens with one attached hydrogen (secondary N) is 1. The van der Waals surface area contributed by atoms with Crippen LogP contribution in [0.3, 0.4) is 0 Å². The lowest BCUT2D eigenvalue weighted by Crippen LogP contribution is -2.06. The number of ether oxygens (including phenoxy) is 1. The Morgan fingerprint density at radius 2 is 2.17 bits per heavy atom. The van der Waals surface area contributed by atoms with Gasteiger partial charge < -0.3 is 10.1 Å². The molecule has 0 fully saturated rings. The summed E-state index contributed by atoms with van der Waals surface area (Å²) < 4.78 is 6.60. The minimum Gasteiger partial charge on any atom is -0.456 e. The first-order chi connectivity index (χ1) is 8.69. The third-order valence-electron chi connectivity index (χ3n) is 2.27. The van der Waals surface area contributed by atoms with E-state index < -0.39 is 0 Å². The Hall–Kier alpha value is -1.10.